The number of hydrogen-bond donors (Lipinski definition) is 0. The summed E-state index contributed by atoms with van der Waals surface area (Å²) in [5, 5.41) is 0. The topological polar surface area (TPSA) is 78.0 Å². The molecule has 0 aromatic heterocycles. The van der Waals surface area contributed by atoms with Crippen LogP contribution in [-0.4, -0.2) is 58.4 Å². The van der Waals surface area contributed by atoms with Crippen LogP contribution in [0.25, 0.3) is 0 Å². The van der Waals surface area contributed by atoms with Crippen LogP contribution >= 0.6 is 11.8 Å². The molecule has 0 radical (unpaired) electrons. The second-order valence-electron chi connectivity index (χ2n) is 6.65. The number of fused-ring (bicyclic) bond motifs is 1. The maximum Gasteiger partial charge on any atom is 0.334 e. The van der Waals surface area contributed by atoms with Crippen molar-refractivity contribution in [1.29, 1.82) is 0 Å². The van der Waals surface area contributed by atoms with Crippen molar-refractivity contribution < 1.29 is 19.2 Å². The quantitative estimate of drug-likeness (QED) is 0.597. The summed E-state index contributed by atoms with van der Waals surface area (Å²) >= 11 is 1.67. The molecule has 0 N–H and O–H groups in total. The van der Waals surface area contributed by atoms with E-state index in [1.165, 1.54) is 0 Å². The number of urea groups is 1. The van der Waals surface area contributed by atoms with Crippen molar-refractivity contribution in [3.05, 3.63) is 24.3 Å². The summed E-state index contributed by atoms with van der Waals surface area (Å²) in [5.41, 5.74) is 0.784. The maximum atomic E-state index is 12.8. The second-order valence-corrected chi connectivity index (χ2v) is 7.79. The fourth-order valence-electron chi connectivity index (χ4n) is 3.80. The predicted molar refractivity (Wildman–Crippen MR) is 95.7 cm³/mol. The van der Waals surface area contributed by atoms with Gasteiger partial charge < -0.3 is 4.90 Å². The first-order chi connectivity index (χ1) is 12.6. The molecule has 1 aromatic rings. The summed E-state index contributed by atoms with van der Waals surface area (Å²) in [4.78, 5) is 54.4. The number of nitrogens with zero attached hydrogens (tertiary/aromatic N) is 3. The third kappa shape index (κ3) is 2.78. The number of benzene rings is 1. The molecular weight excluding hydrogens is 354 g/mol. The van der Waals surface area contributed by atoms with Gasteiger partial charge >= 0.3 is 17.8 Å². The highest BCUT2D eigenvalue weighted by atomic mass is 32.2. The minimum atomic E-state index is -0.894. The molecule has 0 bridgehead atoms. The second kappa shape index (κ2) is 6.75. The van der Waals surface area contributed by atoms with Gasteiger partial charge in [0.1, 0.15) is 6.54 Å². The molecule has 2 fully saturated rings. The van der Waals surface area contributed by atoms with Gasteiger partial charge in [-0.25, -0.2) is 9.69 Å². The van der Waals surface area contributed by atoms with Gasteiger partial charge in [0.2, 0.25) is 5.91 Å². The van der Waals surface area contributed by atoms with Crippen LogP contribution in [0.2, 0.25) is 0 Å². The Morgan fingerprint density at radius 1 is 1.08 bits per heavy atom. The smallest absolute Gasteiger partial charge is 0.309 e. The maximum absolute atomic E-state index is 12.8. The molecule has 4 rings (SSSR count). The lowest BCUT2D eigenvalue weighted by Crippen LogP contribution is -2.46. The van der Waals surface area contributed by atoms with E-state index in [0.29, 0.717) is 6.54 Å². The number of carbonyl (C=O) groups excluding carboxylic acids is 4. The van der Waals surface area contributed by atoms with E-state index in [1.54, 1.807) is 16.7 Å². The van der Waals surface area contributed by atoms with Crippen molar-refractivity contribution in [3.8, 4) is 0 Å². The highest BCUT2D eigenvalue weighted by Gasteiger charge is 2.49. The van der Waals surface area contributed by atoms with Crippen LogP contribution in [0.4, 0.5) is 10.5 Å². The Morgan fingerprint density at radius 3 is 2.58 bits per heavy atom. The van der Waals surface area contributed by atoms with Crippen LogP contribution in [0.1, 0.15) is 25.7 Å². The molecule has 8 heteroatoms. The van der Waals surface area contributed by atoms with Crippen molar-refractivity contribution in [1.82, 2.24) is 9.80 Å². The normalized spacial score (nSPS) is 20.9. The standard InChI is InChI=1S/C18H19N3O4S/c22-15(19-9-10-26-14-8-4-3-7-13(14)19)11-20-16(23)17(24)21(18(20)25)12-5-1-2-6-12/h3-4,7-8,12H,1-2,5-6,9-11H2. The molecule has 7 nitrogen and oxygen atoms in total. The van der Waals surface area contributed by atoms with Crippen molar-refractivity contribution in [3.63, 3.8) is 0 Å². The minimum Gasteiger partial charge on any atom is -0.309 e. The number of anilines is 1. The Balaban J connectivity index is 1.52. The highest BCUT2D eigenvalue weighted by Crippen LogP contribution is 2.34. The molecule has 26 heavy (non-hydrogen) atoms. The summed E-state index contributed by atoms with van der Waals surface area (Å²) < 4.78 is 0. The van der Waals surface area contributed by atoms with Gasteiger partial charge in [0.25, 0.3) is 0 Å². The Labute approximate surface area is 155 Å². The zero-order valence-electron chi connectivity index (χ0n) is 14.2. The minimum absolute atomic E-state index is 0.217. The van der Waals surface area contributed by atoms with E-state index in [9.17, 15) is 19.2 Å². The SMILES string of the molecule is O=C1C(=O)N(C2CCCC2)C(=O)N1CC(=O)N1CCSc2ccccc21. The average Bonchev–Trinajstić information content (AvgIpc) is 3.24. The Morgan fingerprint density at radius 2 is 1.81 bits per heavy atom. The number of thioether (sulfide) groups is 1. The number of hydrogen-bond acceptors (Lipinski definition) is 5. The average molecular weight is 373 g/mol. The van der Waals surface area contributed by atoms with Crippen molar-refractivity contribution in [2.24, 2.45) is 0 Å². The molecule has 5 amide bonds. The first kappa shape index (κ1) is 17.1. The molecule has 1 aromatic carbocycles. The lowest BCUT2D eigenvalue weighted by atomic mass is 10.2. The van der Waals surface area contributed by atoms with Crippen molar-refractivity contribution >= 4 is 41.2 Å². The van der Waals surface area contributed by atoms with Crippen LogP contribution in [0.15, 0.2) is 29.2 Å². The van der Waals surface area contributed by atoms with Gasteiger partial charge in [0, 0.05) is 23.2 Å². The van der Waals surface area contributed by atoms with E-state index < -0.39 is 24.4 Å². The number of amides is 5. The first-order valence-electron chi connectivity index (χ1n) is 8.79. The van der Waals surface area contributed by atoms with E-state index in [2.05, 4.69) is 0 Å². The Bertz CT molecular complexity index is 790. The van der Waals surface area contributed by atoms with E-state index in [1.807, 2.05) is 24.3 Å². The van der Waals surface area contributed by atoms with Crippen LogP contribution in [0, 0.1) is 0 Å². The van der Waals surface area contributed by atoms with Crippen LogP contribution in [0.3, 0.4) is 0 Å². The van der Waals surface area contributed by atoms with Crippen LogP contribution < -0.4 is 4.90 Å². The largest absolute Gasteiger partial charge is 0.334 e. The van der Waals surface area contributed by atoms with Crippen molar-refractivity contribution in [2.45, 2.75) is 36.6 Å². The van der Waals surface area contributed by atoms with Gasteiger partial charge in [-0.05, 0) is 25.0 Å². The lowest BCUT2D eigenvalue weighted by Gasteiger charge is -2.30. The molecular formula is C18H19N3O4S. The summed E-state index contributed by atoms with van der Waals surface area (Å²) in [5.74, 6) is -1.29. The molecule has 0 spiro atoms. The Kier molecular flexibility index (Phi) is 4.44. The van der Waals surface area contributed by atoms with Crippen LogP contribution in [0.5, 0.6) is 0 Å². The molecule has 2 aliphatic heterocycles. The first-order valence-corrected chi connectivity index (χ1v) is 9.77. The lowest BCUT2D eigenvalue weighted by molar-refractivity contribution is -0.144. The Hall–Kier alpha value is -2.35. The summed E-state index contributed by atoms with van der Waals surface area (Å²) in [7, 11) is 0. The molecule has 0 unspecified atom stereocenters. The summed E-state index contributed by atoms with van der Waals surface area (Å²) in [6.45, 7) is 0.114. The third-order valence-electron chi connectivity index (χ3n) is 5.10. The predicted octanol–water partition coefficient (Wildman–Crippen LogP) is 1.86. The fraction of sp³-hybridized carbons (Fsp3) is 0.444. The summed E-state index contributed by atoms with van der Waals surface area (Å²) in [6.07, 6.45) is 3.33. The highest BCUT2D eigenvalue weighted by molar-refractivity contribution is 7.99. The summed E-state index contributed by atoms with van der Waals surface area (Å²) in [6, 6.07) is 6.68. The molecule has 0 atom stereocenters. The van der Waals surface area contributed by atoms with Crippen LogP contribution in [-0.2, 0) is 14.4 Å². The third-order valence-corrected chi connectivity index (χ3v) is 6.14. The monoisotopic (exact) mass is 373 g/mol. The van der Waals surface area contributed by atoms with E-state index in [4.69, 9.17) is 0 Å². The van der Waals surface area contributed by atoms with Gasteiger partial charge in [-0.15, -0.1) is 11.8 Å². The molecule has 1 saturated heterocycles. The number of imide groups is 2. The van der Waals surface area contributed by atoms with E-state index >= 15 is 0 Å². The zero-order chi connectivity index (χ0) is 18.3. The van der Waals surface area contributed by atoms with Gasteiger partial charge in [-0.2, -0.15) is 0 Å². The van der Waals surface area contributed by atoms with Gasteiger partial charge in [0.05, 0.1) is 5.69 Å². The van der Waals surface area contributed by atoms with Crippen molar-refractivity contribution in [2.75, 3.05) is 23.7 Å². The van der Waals surface area contributed by atoms with Gasteiger partial charge in [-0.3, -0.25) is 19.3 Å². The number of carbonyl (C=O) groups is 4. The van der Waals surface area contributed by atoms with Gasteiger partial charge in [0.15, 0.2) is 0 Å². The number of rotatable bonds is 3. The van der Waals surface area contributed by atoms with E-state index in [0.717, 1.165) is 51.8 Å². The molecule has 2 heterocycles. The zero-order valence-corrected chi connectivity index (χ0v) is 15.0. The molecule has 136 valence electrons. The van der Waals surface area contributed by atoms with Gasteiger partial charge in [-0.1, -0.05) is 25.0 Å². The fourth-order valence-corrected chi connectivity index (χ4v) is 4.79. The molecule has 1 aliphatic carbocycles. The molecule has 1 saturated carbocycles. The van der Waals surface area contributed by atoms with E-state index in [-0.39, 0.29) is 11.9 Å². The number of para-hydroxylation sites is 1. The molecule has 3 aliphatic rings.